The van der Waals surface area contributed by atoms with E-state index in [9.17, 15) is 32.9 Å². The first-order valence-corrected chi connectivity index (χ1v) is 15.7. The van der Waals surface area contributed by atoms with Crippen LogP contribution in [0.15, 0.2) is 12.2 Å². The minimum atomic E-state index is -4.36. The van der Waals surface area contributed by atoms with Crippen LogP contribution in [0.2, 0.25) is 0 Å². The summed E-state index contributed by atoms with van der Waals surface area (Å²) in [5.41, 5.74) is -3.29. The molecule has 4 N–H and O–H groups in total. The van der Waals surface area contributed by atoms with Gasteiger partial charge in [-0.15, -0.1) is 0 Å². The lowest BCUT2D eigenvalue weighted by Crippen LogP contribution is -2.58. The molecule has 4 amide bonds. The quantitative estimate of drug-likeness (QED) is 0.344. The van der Waals surface area contributed by atoms with Crippen molar-refractivity contribution in [3.63, 3.8) is 0 Å². The first-order chi connectivity index (χ1) is 19.2. The summed E-state index contributed by atoms with van der Waals surface area (Å²) in [7, 11) is -4.36. The van der Waals surface area contributed by atoms with Gasteiger partial charge < -0.3 is 20.3 Å². The normalized spacial score (nSPS) is 29.9. The highest BCUT2D eigenvalue weighted by Crippen LogP contribution is 2.46. The highest BCUT2D eigenvalue weighted by atomic mass is 32.2. The number of nitrogens with one attached hydrogen (secondary N) is 4. The Morgan fingerprint density at radius 2 is 1.88 bits per heavy atom. The first-order valence-electron chi connectivity index (χ1n) is 14.2. The minimum Gasteiger partial charge on any atom is -0.436 e. The lowest BCUT2D eigenvalue weighted by atomic mass is 10.1. The Labute approximate surface area is 241 Å². The van der Waals surface area contributed by atoms with E-state index in [1.165, 1.54) is 4.90 Å². The molecule has 0 aromatic heterocycles. The largest absolute Gasteiger partial charge is 0.436 e. The molecule has 4 aliphatic rings. The number of allylic oxidation sites excluding steroid dienone is 1. The highest BCUT2D eigenvalue weighted by Gasteiger charge is 2.62. The molecule has 0 unspecified atom stereocenters. The van der Waals surface area contributed by atoms with Crippen LogP contribution in [-0.4, -0.2) is 72.4 Å². The van der Waals surface area contributed by atoms with Crippen molar-refractivity contribution < 1.29 is 32.3 Å². The number of fused-ring (bicyclic) bond motifs is 2. The van der Waals surface area contributed by atoms with E-state index in [-0.39, 0.29) is 13.0 Å². The Kier molecular flexibility index (Phi) is 8.71. The molecular weight excluding hydrogens is 552 g/mol. The summed E-state index contributed by atoms with van der Waals surface area (Å²) in [5.74, 6) is -2.37. The maximum atomic E-state index is 13.6. The van der Waals surface area contributed by atoms with E-state index in [2.05, 4.69) is 15.4 Å². The summed E-state index contributed by atoms with van der Waals surface area (Å²) >= 11 is 0. The smallest absolute Gasteiger partial charge is 0.408 e. The van der Waals surface area contributed by atoms with E-state index < -0.39 is 68.7 Å². The van der Waals surface area contributed by atoms with Gasteiger partial charge in [-0.3, -0.25) is 14.4 Å². The fraction of sp³-hybridized carbons (Fsp3) is 0.741. The zero-order valence-electron chi connectivity index (χ0n) is 23.8. The van der Waals surface area contributed by atoms with E-state index in [1.54, 1.807) is 20.8 Å². The zero-order valence-corrected chi connectivity index (χ0v) is 24.6. The van der Waals surface area contributed by atoms with Crippen molar-refractivity contribution >= 4 is 34.0 Å². The number of alkyl carbamates (subject to hydrolysis) is 1. The van der Waals surface area contributed by atoms with Gasteiger partial charge in [0.05, 0.1) is 6.07 Å². The van der Waals surface area contributed by atoms with Crippen molar-refractivity contribution in [2.75, 3.05) is 6.54 Å². The van der Waals surface area contributed by atoms with E-state index >= 15 is 0 Å². The fourth-order valence-electron chi connectivity index (χ4n) is 5.36. The molecule has 0 bridgehead atoms. The maximum absolute atomic E-state index is 13.6. The van der Waals surface area contributed by atoms with Crippen LogP contribution >= 0.6 is 0 Å². The highest BCUT2D eigenvalue weighted by molar-refractivity contribution is 7.88. The van der Waals surface area contributed by atoms with Gasteiger partial charge in [-0.25, -0.2) is 9.52 Å². The molecule has 13 nitrogen and oxygen atoms in total. The summed E-state index contributed by atoms with van der Waals surface area (Å²) in [5, 5.41) is 14.7. The SMILES string of the molecule is CC(C)(C)NC(=O)O[C@H]1CCCCCC=C[C@@H]2C[C@@]2(C(=O)NS(=O)(=O)NC2(C#N)CC2)NC(=O)[C@@H]2CCCN2C1=O. The van der Waals surface area contributed by atoms with Gasteiger partial charge in [0.2, 0.25) is 5.91 Å². The Bertz CT molecular complexity index is 1250. The topological polar surface area (TPSA) is 187 Å². The summed E-state index contributed by atoms with van der Waals surface area (Å²) in [6, 6.07) is 1.01. The number of amides is 4. The zero-order chi connectivity index (χ0) is 30.1. The number of nitrogens with zero attached hydrogens (tertiary/aromatic N) is 2. The van der Waals surface area contributed by atoms with Gasteiger partial charge in [-0.1, -0.05) is 18.6 Å². The number of hydrogen-bond donors (Lipinski definition) is 4. The number of ether oxygens (including phenoxy) is 1. The molecule has 226 valence electrons. The van der Waals surface area contributed by atoms with Gasteiger partial charge in [-0.2, -0.15) is 18.4 Å². The monoisotopic (exact) mass is 592 g/mol. The van der Waals surface area contributed by atoms with Gasteiger partial charge >= 0.3 is 16.3 Å². The Morgan fingerprint density at radius 1 is 1.15 bits per heavy atom. The Hall–Kier alpha value is -3.18. The van der Waals surface area contributed by atoms with Crippen molar-refractivity contribution in [2.45, 2.75) is 114 Å². The van der Waals surface area contributed by atoms with Crippen molar-refractivity contribution in [2.24, 2.45) is 5.92 Å². The molecule has 1 saturated heterocycles. The molecule has 2 aliphatic heterocycles. The van der Waals surface area contributed by atoms with Crippen LogP contribution in [0.1, 0.15) is 85.0 Å². The maximum Gasteiger partial charge on any atom is 0.408 e. The number of carbonyl (C=O) groups is 4. The van der Waals surface area contributed by atoms with Crippen LogP contribution < -0.4 is 20.1 Å². The van der Waals surface area contributed by atoms with Crippen molar-refractivity contribution in [1.82, 2.24) is 25.0 Å². The Morgan fingerprint density at radius 3 is 2.54 bits per heavy atom. The summed E-state index contributed by atoms with van der Waals surface area (Å²) in [6.45, 7) is 5.68. The van der Waals surface area contributed by atoms with E-state index in [4.69, 9.17) is 4.74 Å². The van der Waals surface area contributed by atoms with E-state index in [0.29, 0.717) is 44.9 Å². The second-order valence-electron chi connectivity index (χ2n) is 12.5. The molecule has 4 rings (SSSR count). The van der Waals surface area contributed by atoms with Crippen LogP contribution in [0, 0.1) is 17.2 Å². The second-order valence-corrected chi connectivity index (χ2v) is 13.9. The predicted molar refractivity (Wildman–Crippen MR) is 147 cm³/mol. The number of carbonyl (C=O) groups excluding carboxylic acids is 4. The van der Waals surface area contributed by atoms with Gasteiger partial charge in [0.1, 0.15) is 17.1 Å². The molecule has 14 heteroatoms. The summed E-state index contributed by atoms with van der Waals surface area (Å²) in [4.78, 5) is 54.4. The van der Waals surface area contributed by atoms with Crippen molar-refractivity contribution in [3.8, 4) is 6.07 Å². The summed E-state index contributed by atoms with van der Waals surface area (Å²) < 4.78 is 35.1. The predicted octanol–water partition coefficient (Wildman–Crippen LogP) is 1.27. The molecule has 0 aromatic carbocycles. The molecular formula is C27H40N6O7S. The van der Waals surface area contributed by atoms with Gasteiger partial charge in [0, 0.05) is 18.0 Å². The van der Waals surface area contributed by atoms with Crippen LogP contribution in [0.4, 0.5) is 4.79 Å². The van der Waals surface area contributed by atoms with Gasteiger partial charge in [0.25, 0.3) is 11.8 Å². The molecule has 2 saturated carbocycles. The van der Waals surface area contributed by atoms with Gasteiger partial charge in [0.15, 0.2) is 6.10 Å². The molecule has 4 atom stereocenters. The lowest BCUT2D eigenvalue weighted by Gasteiger charge is -2.30. The van der Waals surface area contributed by atoms with Gasteiger partial charge in [-0.05, 0) is 78.6 Å². The third-order valence-electron chi connectivity index (χ3n) is 7.83. The molecule has 3 fully saturated rings. The molecule has 2 heterocycles. The average molecular weight is 593 g/mol. The molecule has 2 aliphatic carbocycles. The van der Waals surface area contributed by atoms with Crippen molar-refractivity contribution in [1.29, 1.82) is 5.26 Å². The molecule has 41 heavy (non-hydrogen) atoms. The standard InChI is InChI=1S/C27H40N6O7S/c1-25(2,3)30-24(37)40-20-12-8-6-4-5-7-10-18-16-27(18,29-21(34)19-11-9-15-33(19)22(20)35)23(36)31-41(38,39)32-26(17-28)13-14-26/h7,10,18-20,32H,4-6,8-9,11-16H2,1-3H3,(H,29,34)(H,30,37)(H,31,36)/t18-,19+,20+,27-/m1/s1. The molecule has 0 aromatic rings. The average Bonchev–Trinajstić information content (AvgIpc) is 3.72. The van der Waals surface area contributed by atoms with Crippen LogP contribution in [0.5, 0.6) is 0 Å². The lowest BCUT2D eigenvalue weighted by molar-refractivity contribution is -0.146. The van der Waals surface area contributed by atoms with Crippen LogP contribution in [0.3, 0.4) is 0 Å². The molecule has 0 radical (unpaired) electrons. The van der Waals surface area contributed by atoms with Crippen molar-refractivity contribution in [3.05, 3.63) is 12.2 Å². The first kappa shape index (κ1) is 30.8. The van der Waals surface area contributed by atoms with E-state index in [0.717, 1.165) is 12.8 Å². The third-order valence-corrected chi connectivity index (χ3v) is 8.95. The summed E-state index contributed by atoms with van der Waals surface area (Å²) in [6.07, 6.45) is 6.94. The van der Waals surface area contributed by atoms with Crippen LogP contribution in [-0.2, 0) is 29.3 Å². The molecule has 0 spiro atoms. The number of rotatable bonds is 5. The Balaban J connectivity index is 1.53. The fourth-order valence-corrected chi connectivity index (χ4v) is 6.60. The van der Waals surface area contributed by atoms with Crippen LogP contribution in [0.25, 0.3) is 0 Å². The minimum absolute atomic E-state index is 0.194. The third kappa shape index (κ3) is 7.56. The second kappa shape index (κ2) is 11.6. The number of nitriles is 1. The van der Waals surface area contributed by atoms with E-state index in [1.807, 2.05) is 22.9 Å². The number of hydrogen-bond acceptors (Lipinski definition) is 8.